The molecule has 3 nitrogen and oxygen atoms in total. The van der Waals surface area contributed by atoms with Gasteiger partial charge >= 0.3 is 0 Å². The molecule has 1 atom stereocenters. The van der Waals surface area contributed by atoms with E-state index < -0.39 is 0 Å². The zero-order valence-corrected chi connectivity index (χ0v) is 14.7. The highest BCUT2D eigenvalue weighted by atomic mass is 16.3. The summed E-state index contributed by atoms with van der Waals surface area (Å²) in [6.45, 7) is 10.7. The van der Waals surface area contributed by atoms with Crippen molar-refractivity contribution in [1.82, 2.24) is 10.2 Å². The third-order valence-electron chi connectivity index (χ3n) is 4.85. The first kappa shape index (κ1) is 18.9. The molecular weight excluding hydrogens is 260 g/mol. The minimum Gasteiger partial charge on any atom is -0.394 e. The molecule has 1 saturated carbocycles. The van der Waals surface area contributed by atoms with E-state index >= 15 is 0 Å². The van der Waals surface area contributed by atoms with Gasteiger partial charge in [-0.25, -0.2) is 0 Å². The fourth-order valence-corrected chi connectivity index (χ4v) is 2.99. The Hall–Kier alpha value is -0.120. The van der Waals surface area contributed by atoms with Crippen LogP contribution in [0.3, 0.4) is 0 Å². The Morgan fingerprint density at radius 2 is 1.57 bits per heavy atom. The fourth-order valence-electron chi connectivity index (χ4n) is 2.99. The predicted octanol–water partition coefficient (Wildman–Crippen LogP) is 3.56. The maximum Gasteiger partial charge on any atom is 0.0613 e. The molecular formula is C18H38N2O. The third-order valence-corrected chi connectivity index (χ3v) is 4.85. The summed E-state index contributed by atoms with van der Waals surface area (Å²) in [4.78, 5) is 2.63. The lowest BCUT2D eigenvalue weighted by atomic mass is 9.91. The minimum absolute atomic E-state index is 0.0254. The predicted molar refractivity (Wildman–Crippen MR) is 91.8 cm³/mol. The van der Waals surface area contributed by atoms with Gasteiger partial charge in [-0.3, -0.25) is 0 Å². The second-order valence-electron chi connectivity index (χ2n) is 6.86. The highest BCUT2D eigenvalue weighted by Crippen LogP contribution is 2.26. The van der Waals surface area contributed by atoms with Gasteiger partial charge in [-0.05, 0) is 64.6 Å². The normalized spacial score (nSPS) is 18.1. The van der Waals surface area contributed by atoms with E-state index in [1.807, 2.05) is 0 Å². The van der Waals surface area contributed by atoms with Crippen molar-refractivity contribution < 1.29 is 5.11 Å². The van der Waals surface area contributed by atoms with Crippen molar-refractivity contribution in [1.29, 1.82) is 0 Å². The van der Waals surface area contributed by atoms with Crippen molar-refractivity contribution in [3.8, 4) is 0 Å². The molecule has 0 radical (unpaired) electrons. The summed E-state index contributed by atoms with van der Waals surface area (Å²) < 4.78 is 0. The lowest BCUT2D eigenvalue weighted by Gasteiger charge is -2.33. The molecule has 0 aromatic rings. The van der Waals surface area contributed by atoms with Gasteiger partial charge in [-0.2, -0.15) is 0 Å². The van der Waals surface area contributed by atoms with Crippen LogP contribution < -0.4 is 5.32 Å². The number of nitrogens with one attached hydrogen (secondary N) is 1. The van der Waals surface area contributed by atoms with Crippen LogP contribution in [-0.2, 0) is 0 Å². The van der Waals surface area contributed by atoms with Gasteiger partial charge in [0.25, 0.3) is 0 Å². The molecule has 1 unspecified atom stereocenters. The first-order chi connectivity index (χ1) is 10.2. The van der Waals surface area contributed by atoms with Gasteiger partial charge in [0.1, 0.15) is 0 Å². The number of aliphatic hydroxyl groups is 1. The molecule has 0 amide bonds. The number of hydrogen-bond donors (Lipinski definition) is 2. The van der Waals surface area contributed by atoms with Gasteiger partial charge in [-0.15, -0.1) is 0 Å². The smallest absolute Gasteiger partial charge is 0.0613 e. The van der Waals surface area contributed by atoms with E-state index in [4.69, 9.17) is 0 Å². The molecule has 0 aliphatic heterocycles. The van der Waals surface area contributed by atoms with E-state index in [1.165, 1.54) is 64.6 Å². The molecule has 3 heteroatoms. The van der Waals surface area contributed by atoms with E-state index in [2.05, 4.69) is 31.0 Å². The first-order valence-corrected chi connectivity index (χ1v) is 9.30. The standard InChI is InChI=1S/C18H38N2O/c1-4-7-13-20(14-8-5-2)15-9-12-18(6-3,16-21)19-17-10-11-17/h17,19,21H,4-16H2,1-3H3. The van der Waals surface area contributed by atoms with Crippen LogP contribution in [0.1, 0.15) is 78.6 Å². The van der Waals surface area contributed by atoms with Crippen LogP contribution in [-0.4, -0.2) is 47.8 Å². The molecule has 0 aromatic heterocycles. The van der Waals surface area contributed by atoms with Gasteiger partial charge in [0, 0.05) is 11.6 Å². The molecule has 126 valence electrons. The Labute approximate surface area is 132 Å². The van der Waals surface area contributed by atoms with Gasteiger partial charge in [0.2, 0.25) is 0 Å². The van der Waals surface area contributed by atoms with Gasteiger partial charge < -0.3 is 15.3 Å². The molecule has 1 aliphatic carbocycles. The Bertz CT molecular complexity index is 242. The molecule has 0 heterocycles. The zero-order chi connectivity index (χ0) is 15.6. The van der Waals surface area contributed by atoms with Crippen LogP contribution in [0, 0.1) is 0 Å². The molecule has 1 aliphatic rings. The third kappa shape index (κ3) is 7.62. The summed E-state index contributed by atoms with van der Waals surface area (Å²) in [7, 11) is 0. The molecule has 0 bridgehead atoms. The van der Waals surface area contributed by atoms with Crippen molar-refractivity contribution in [3.63, 3.8) is 0 Å². The molecule has 1 fully saturated rings. The van der Waals surface area contributed by atoms with E-state index in [0.717, 1.165) is 12.8 Å². The first-order valence-electron chi connectivity index (χ1n) is 9.30. The summed E-state index contributed by atoms with van der Waals surface area (Å²) in [6.07, 6.45) is 11.1. The molecule has 2 N–H and O–H groups in total. The van der Waals surface area contributed by atoms with Gasteiger partial charge in [0.05, 0.1) is 6.61 Å². The molecule has 0 aromatic carbocycles. The zero-order valence-electron chi connectivity index (χ0n) is 14.7. The monoisotopic (exact) mass is 298 g/mol. The maximum absolute atomic E-state index is 9.83. The molecule has 0 spiro atoms. The van der Waals surface area contributed by atoms with Crippen LogP contribution in [0.15, 0.2) is 0 Å². The van der Waals surface area contributed by atoms with Crippen molar-refractivity contribution in [3.05, 3.63) is 0 Å². The number of rotatable bonds is 14. The van der Waals surface area contributed by atoms with Crippen molar-refractivity contribution >= 4 is 0 Å². The van der Waals surface area contributed by atoms with E-state index in [-0.39, 0.29) is 12.1 Å². The fraction of sp³-hybridized carbons (Fsp3) is 1.00. The van der Waals surface area contributed by atoms with Crippen LogP contribution in [0.5, 0.6) is 0 Å². The summed E-state index contributed by atoms with van der Waals surface area (Å²) in [5, 5.41) is 13.5. The number of hydrogen-bond acceptors (Lipinski definition) is 3. The van der Waals surface area contributed by atoms with Crippen molar-refractivity contribution in [2.45, 2.75) is 90.1 Å². The average Bonchev–Trinajstić information content (AvgIpc) is 3.32. The SMILES string of the molecule is CCCCN(CCCC)CCCC(CC)(CO)NC1CC1. The number of unbranched alkanes of at least 4 members (excludes halogenated alkanes) is 2. The highest BCUT2D eigenvalue weighted by molar-refractivity contribution is 4.94. The van der Waals surface area contributed by atoms with Crippen LogP contribution in [0.2, 0.25) is 0 Å². The summed E-state index contributed by atoms with van der Waals surface area (Å²) >= 11 is 0. The van der Waals surface area contributed by atoms with Crippen LogP contribution in [0.4, 0.5) is 0 Å². The lowest BCUT2D eigenvalue weighted by molar-refractivity contribution is 0.136. The topological polar surface area (TPSA) is 35.5 Å². The number of aliphatic hydroxyl groups excluding tert-OH is 1. The van der Waals surface area contributed by atoms with Gasteiger partial charge in [-0.1, -0.05) is 33.6 Å². The minimum atomic E-state index is -0.0254. The second kappa shape index (κ2) is 10.6. The van der Waals surface area contributed by atoms with E-state index in [9.17, 15) is 5.11 Å². The lowest BCUT2D eigenvalue weighted by Crippen LogP contribution is -2.49. The average molecular weight is 299 g/mol. The molecule has 1 rings (SSSR count). The Morgan fingerprint density at radius 3 is 2.00 bits per heavy atom. The Morgan fingerprint density at radius 1 is 1.00 bits per heavy atom. The number of nitrogens with zero attached hydrogens (tertiary/aromatic N) is 1. The van der Waals surface area contributed by atoms with Gasteiger partial charge in [0.15, 0.2) is 0 Å². The Kier molecular flexibility index (Phi) is 9.54. The quantitative estimate of drug-likeness (QED) is 0.515. The largest absolute Gasteiger partial charge is 0.394 e. The summed E-state index contributed by atoms with van der Waals surface area (Å²) in [5.41, 5.74) is -0.0254. The Balaban J connectivity index is 2.33. The van der Waals surface area contributed by atoms with Crippen molar-refractivity contribution in [2.24, 2.45) is 0 Å². The molecule has 0 saturated heterocycles. The van der Waals surface area contributed by atoms with Crippen LogP contribution >= 0.6 is 0 Å². The summed E-state index contributed by atoms with van der Waals surface area (Å²) in [6, 6.07) is 0.674. The van der Waals surface area contributed by atoms with Crippen molar-refractivity contribution in [2.75, 3.05) is 26.2 Å². The highest BCUT2D eigenvalue weighted by Gasteiger charge is 2.33. The van der Waals surface area contributed by atoms with E-state index in [0.29, 0.717) is 6.04 Å². The maximum atomic E-state index is 9.83. The summed E-state index contributed by atoms with van der Waals surface area (Å²) in [5.74, 6) is 0. The van der Waals surface area contributed by atoms with Crippen LogP contribution in [0.25, 0.3) is 0 Å². The second-order valence-corrected chi connectivity index (χ2v) is 6.86. The molecule has 21 heavy (non-hydrogen) atoms. The van der Waals surface area contributed by atoms with E-state index in [1.54, 1.807) is 0 Å².